The summed E-state index contributed by atoms with van der Waals surface area (Å²) in [6.45, 7) is 7.35. The summed E-state index contributed by atoms with van der Waals surface area (Å²) in [6, 6.07) is 0. The van der Waals surface area contributed by atoms with E-state index in [1.54, 1.807) is 14.0 Å². The van der Waals surface area contributed by atoms with Crippen molar-refractivity contribution in [3.8, 4) is 0 Å². The maximum Gasteiger partial charge on any atom is 0.348 e. The molecule has 1 amide bonds. The molecule has 0 saturated carbocycles. The van der Waals surface area contributed by atoms with Crippen LogP contribution in [0.3, 0.4) is 0 Å². The first-order chi connectivity index (χ1) is 12.5. The van der Waals surface area contributed by atoms with E-state index in [9.17, 15) is 9.59 Å². The van der Waals surface area contributed by atoms with Crippen LogP contribution in [0.1, 0.15) is 40.8 Å². The number of amides is 1. The van der Waals surface area contributed by atoms with Gasteiger partial charge in [0.1, 0.15) is 21.3 Å². The van der Waals surface area contributed by atoms with Crippen molar-refractivity contribution in [1.29, 1.82) is 0 Å². The molecule has 0 aliphatic carbocycles. The summed E-state index contributed by atoms with van der Waals surface area (Å²) in [6.07, 6.45) is 1.80. The van der Waals surface area contributed by atoms with Gasteiger partial charge in [0, 0.05) is 20.1 Å². The Hall–Kier alpha value is -2.22. The number of anilines is 1. The highest BCUT2D eigenvalue weighted by Gasteiger charge is 2.29. The Kier molecular flexibility index (Phi) is 5.41. The van der Waals surface area contributed by atoms with Crippen molar-refractivity contribution in [3.05, 3.63) is 16.3 Å². The van der Waals surface area contributed by atoms with Crippen molar-refractivity contribution >= 4 is 39.2 Å². The fourth-order valence-corrected chi connectivity index (χ4v) is 4.54. The van der Waals surface area contributed by atoms with E-state index in [0.29, 0.717) is 23.9 Å². The Morgan fingerprint density at radius 3 is 2.81 bits per heavy atom. The van der Waals surface area contributed by atoms with Gasteiger partial charge in [0.15, 0.2) is 0 Å². The van der Waals surface area contributed by atoms with Crippen LogP contribution in [-0.4, -0.2) is 48.6 Å². The standard InChI is InChI=1S/C18H24N4O3S/c1-5-25-18(24)14-10(2)13-15(20-11(3)21-17(13)26-14)22-8-6-7-12(9-22)16(23)19-4/h12H,5-9H2,1-4H3,(H,19,23)/t12-/m0/s1. The van der Waals surface area contributed by atoms with Gasteiger partial charge in [-0.3, -0.25) is 4.79 Å². The van der Waals surface area contributed by atoms with E-state index >= 15 is 0 Å². The summed E-state index contributed by atoms with van der Waals surface area (Å²) in [4.78, 5) is 37.0. The molecule has 0 spiro atoms. The lowest BCUT2D eigenvalue weighted by Gasteiger charge is -2.33. The van der Waals surface area contributed by atoms with Gasteiger partial charge in [-0.25, -0.2) is 14.8 Å². The third-order valence-corrected chi connectivity index (χ3v) is 5.85. The van der Waals surface area contributed by atoms with E-state index in [0.717, 1.165) is 41.0 Å². The second-order valence-corrected chi connectivity index (χ2v) is 7.45. The second kappa shape index (κ2) is 7.57. The number of fused-ring (bicyclic) bond motifs is 1. The molecule has 1 aliphatic rings. The molecule has 2 aromatic heterocycles. The fraction of sp³-hybridized carbons (Fsp3) is 0.556. The molecule has 1 aliphatic heterocycles. The Bertz CT molecular complexity index is 849. The highest BCUT2D eigenvalue weighted by atomic mass is 32.1. The molecule has 2 aromatic rings. The molecule has 7 nitrogen and oxygen atoms in total. The van der Waals surface area contributed by atoms with Gasteiger partial charge in [0.25, 0.3) is 0 Å². The molecule has 0 unspecified atom stereocenters. The summed E-state index contributed by atoms with van der Waals surface area (Å²) >= 11 is 1.34. The number of thiophene rings is 1. The Morgan fingerprint density at radius 1 is 1.35 bits per heavy atom. The molecular weight excluding hydrogens is 352 g/mol. The van der Waals surface area contributed by atoms with E-state index < -0.39 is 0 Å². The van der Waals surface area contributed by atoms with Crippen LogP contribution >= 0.6 is 11.3 Å². The topological polar surface area (TPSA) is 84.4 Å². The molecule has 0 aromatic carbocycles. The molecule has 140 valence electrons. The van der Waals surface area contributed by atoms with Gasteiger partial charge in [-0.1, -0.05) is 0 Å². The van der Waals surface area contributed by atoms with Gasteiger partial charge < -0.3 is 15.0 Å². The van der Waals surface area contributed by atoms with E-state index in [1.165, 1.54) is 11.3 Å². The zero-order chi connectivity index (χ0) is 18.8. The lowest BCUT2D eigenvalue weighted by Crippen LogP contribution is -2.42. The Labute approximate surface area is 156 Å². The molecule has 8 heteroatoms. The normalized spacial score (nSPS) is 17.4. The number of nitrogens with one attached hydrogen (secondary N) is 1. The SMILES string of the molecule is CCOC(=O)c1sc2nc(C)nc(N3CCC[C@H](C(=O)NC)C3)c2c1C. The van der Waals surface area contributed by atoms with Gasteiger partial charge in [-0.15, -0.1) is 11.3 Å². The first kappa shape index (κ1) is 18.6. The van der Waals surface area contributed by atoms with Crippen LogP contribution in [0.4, 0.5) is 5.82 Å². The number of carbonyl (C=O) groups excluding carboxylic acids is 2. The number of ether oxygens (including phenoxy) is 1. The van der Waals surface area contributed by atoms with E-state index in [2.05, 4.69) is 20.2 Å². The summed E-state index contributed by atoms with van der Waals surface area (Å²) < 4.78 is 5.17. The van der Waals surface area contributed by atoms with E-state index in [-0.39, 0.29) is 17.8 Å². The molecule has 1 atom stereocenters. The minimum Gasteiger partial charge on any atom is -0.462 e. The van der Waals surface area contributed by atoms with Crippen LogP contribution in [0.2, 0.25) is 0 Å². The minimum absolute atomic E-state index is 0.0532. The van der Waals surface area contributed by atoms with Crippen molar-refractivity contribution in [2.24, 2.45) is 5.92 Å². The maximum absolute atomic E-state index is 12.3. The average molecular weight is 376 g/mol. The quantitative estimate of drug-likeness (QED) is 0.825. The van der Waals surface area contributed by atoms with Crippen molar-refractivity contribution in [3.63, 3.8) is 0 Å². The number of rotatable bonds is 4. The van der Waals surface area contributed by atoms with Crippen molar-refractivity contribution in [2.45, 2.75) is 33.6 Å². The molecular formula is C18H24N4O3S. The Balaban J connectivity index is 2.05. The predicted molar refractivity (Wildman–Crippen MR) is 102 cm³/mol. The molecule has 0 radical (unpaired) electrons. The highest BCUT2D eigenvalue weighted by molar-refractivity contribution is 7.20. The predicted octanol–water partition coefficient (Wildman–Crippen LogP) is 2.45. The molecule has 3 rings (SSSR count). The number of carbonyl (C=O) groups is 2. The number of aryl methyl sites for hydroxylation is 2. The van der Waals surface area contributed by atoms with Crippen LogP contribution in [-0.2, 0) is 9.53 Å². The van der Waals surface area contributed by atoms with Crippen LogP contribution in [0.25, 0.3) is 10.2 Å². The molecule has 0 bridgehead atoms. The zero-order valence-corrected chi connectivity index (χ0v) is 16.4. The van der Waals surface area contributed by atoms with Gasteiger partial charge in [0.05, 0.1) is 17.9 Å². The van der Waals surface area contributed by atoms with Crippen molar-refractivity contribution in [1.82, 2.24) is 15.3 Å². The Morgan fingerprint density at radius 2 is 2.12 bits per heavy atom. The highest BCUT2D eigenvalue weighted by Crippen LogP contribution is 2.37. The molecule has 26 heavy (non-hydrogen) atoms. The second-order valence-electron chi connectivity index (χ2n) is 6.45. The summed E-state index contributed by atoms with van der Waals surface area (Å²) in [7, 11) is 1.67. The number of esters is 1. The minimum atomic E-state index is -0.321. The lowest BCUT2D eigenvalue weighted by atomic mass is 9.97. The smallest absolute Gasteiger partial charge is 0.348 e. The molecule has 1 saturated heterocycles. The van der Waals surface area contributed by atoms with Gasteiger partial charge >= 0.3 is 5.97 Å². The maximum atomic E-state index is 12.3. The summed E-state index contributed by atoms with van der Waals surface area (Å²) in [5, 5.41) is 3.63. The number of hydrogen-bond donors (Lipinski definition) is 1. The average Bonchev–Trinajstić information content (AvgIpc) is 2.97. The largest absolute Gasteiger partial charge is 0.462 e. The van der Waals surface area contributed by atoms with E-state index in [1.807, 2.05) is 13.8 Å². The number of aromatic nitrogens is 2. The zero-order valence-electron chi connectivity index (χ0n) is 15.6. The molecule has 1 N–H and O–H groups in total. The monoisotopic (exact) mass is 376 g/mol. The third-order valence-electron chi connectivity index (χ3n) is 4.68. The van der Waals surface area contributed by atoms with Crippen LogP contribution < -0.4 is 10.2 Å². The third kappa shape index (κ3) is 3.38. The van der Waals surface area contributed by atoms with Gasteiger partial charge in [-0.2, -0.15) is 0 Å². The first-order valence-corrected chi connectivity index (χ1v) is 9.69. The van der Waals surface area contributed by atoms with Crippen molar-refractivity contribution < 1.29 is 14.3 Å². The van der Waals surface area contributed by atoms with Gasteiger partial charge in [0.2, 0.25) is 5.91 Å². The number of nitrogens with zero attached hydrogens (tertiary/aromatic N) is 3. The summed E-state index contributed by atoms with van der Waals surface area (Å²) in [5.41, 5.74) is 0.848. The molecule has 3 heterocycles. The molecule has 1 fully saturated rings. The fourth-order valence-electron chi connectivity index (χ4n) is 3.43. The number of piperidine rings is 1. The van der Waals surface area contributed by atoms with Crippen LogP contribution in [0.15, 0.2) is 0 Å². The summed E-state index contributed by atoms with van der Waals surface area (Å²) in [5.74, 6) is 1.16. The van der Waals surface area contributed by atoms with Crippen molar-refractivity contribution in [2.75, 3.05) is 31.6 Å². The first-order valence-electron chi connectivity index (χ1n) is 8.87. The lowest BCUT2D eigenvalue weighted by molar-refractivity contribution is -0.124. The van der Waals surface area contributed by atoms with E-state index in [4.69, 9.17) is 4.74 Å². The van der Waals surface area contributed by atoms with Gasteiger partial charge in [-0.05, 0) is 39.2 Å². The van der Waals surface area contributed by atoms with Crippen LogP contribution in [0.5, 0.6) is 0 Å². The number of hydrogen-bond acceptors (Lipinski definition) is 7. The van der Waals surface area contributed by atoms with Crippen LogP contribution in [0, 0.1) is 19.8 Å².